The smallest absolute Gasteiger partial charge is 0.332 e. The first-order chi connectivity index (χ1) is 9.15. The van der Waals surface area contributed by atoms with E-state index in [0.29, 0.717) is 19.0 Å². The van der Waals surface area contributed by atoms with Crippen LogP contribution in [0.1, 0.15) is 26.2 Å². The number of nitrogens with zero attached hydrogens (tertiary/aromatic N) is 4. The van der Waals surface area contributed by atoms with E-state index in [2.05, 4.69) is 21.9 Å². The Morgan fingerprint density at radius 3 is 3.11 bits per heavy atom. The average molecular weight is 266 g/mol. The van der Waals surface area contributed by atoms with E-state index in [-0.39, 0.29) is 6.10 Å². The molecule has 1 saturated heterocycles. The Hall–Kier alpha value is -1.63. The highest BCUT2D eigenvalue weighted by molar-refractivity contribution is 5.72. The zero-order valence-electron chi connectivity index (χ0n) is 10.9. The number of hydrogen-bond donors (Lipinski definition) is 1. The number of carboxylic acid groups (broad SMARTS) is 1. The highest BCUT2D eigenvalue weighted by Gasteiger charge is 2.34. The molecule has 2 aliphatic heterocycles. The van der Waals surface area contributed by atoms with E-state index < -0.39 is 12.1 Å². The number of carboxylic acids is 1. The molecule has 19 heavy (non-hydrogen) atoms. The van der Waals surface area contributed by atoms with E-state index >= 15 is 0 Å². The fraction of sp³-hybridized carbons (Fsp3) is 0.750. The van der Waals surface area contributed by atoms with Gasteiger partial charge in [0.15, 0.2) is 6.10 Å². The summed E-state index contributed by atoms with van der Waals surface area (Å²) in [7, 11) is 0. The van der Waals surface area contributed by atoms with Crippen LogP contribution in [0.5, 0.6) is 0 Å². The number of fused-ring (bicyclic) bond motifs is 1. The van der Waals surface area contributed by atoms with E-state index in [4.69, 9.17) is 9.84 Å². The molecule has 0 amide bonds. The second kappa shape index (κ2) is 4.80. The van der Waals surface area contributed by atoms with Crippen molar-refractivity contribution in [2.45, 2.75) is 51.0 Å². The number of hydrogen-bond acceptors (Lipinski definition) is 5. The van der Waals surface area contributed by atoms with Crippen molar-refractivity contribution in [3.8, 4) is 0 Å². The van der Waals surface area contributed by atoms with Crippen LogP contribution in [0.3, 0.4) is 0 Å². The van der Waals surface area contributed by atoms with Crippen LogP contribution < -0.4 is 4.90 Å². The van der Waals surface area contributed by atoms with Crippen molar-refractivity contribution >= 4 is 11.9 Å². The third-order valence-electron chi connectivity index (χ3n) is 3.93. The molecule has 104 valence electrons. The van der Waals surface area contributed by atoms with Gasteiger partial charge in [0, 0.05) is 19.1 Å². The lowest BCUT2D eigenvalue weighted by Crippen LogP contribution is -2.44. The summed E-state index contributed by atoms with van der Waals surface area (Å²) in [6, 6.07) is 0.379. The lowest BCUT2D eigenvalue weighted by Gasteiger charge is -2.35. The van der Waals surface area contributed by atoms with Crippen molar-refractivity contribution in [1.82, 2.24) is 14.8 Å². The van der Waals surface area contributed by atoms with Gasteiger partial charge in [0.05, 0.1) is 6.10 Å². The van der Waals surface area contributed by atoms with Gasteiger partial charge in [-0.2, -0.15) is 10.1 Å². The monoisotopic (exact) mass is 266 g/mol. The molecule has 1 aromatic heterocycles. The van der Waals surface area contributed by atoms with Gasteiger partial charge in [-0.3, -0.25) is 0 Å². The normalized spacial score (nSPS) is 30.4. The molecular weight excluding hydrogens is 248 g/mol. The summed E-state index contributed by atoms with van der Waals surface area (Å²) in [5.41, 5.74) is 0. The molecule has 0 aromatic carbocycles. The molecule has 2 aliphatic rings. The van der Waals surface area contributed by atoms with E-state index in [1.54, 1.807) is 6.33 Å². The molecule has 1 fully saturated rings. The van der Waals surface area contributed by atoms with E-state index in [1.165, 1.54) is 0 Å². The molecule has 0 spiro atoms. The summed E-state index contributed by atoms with van der Waals surface area (Å²) >= 11 is 0. The zero-order chi connectivity index (χ0) is 13.4. The van der Waals surface area contributed by atoms with Crippen molar-refractivity contribution in [1.29, 1.82) is 0 Å². The van der Waals surface area contributed by atoms with Crippen molar-refractivity contribution in [3.05, 3.63) is 6.33 Å². The summed E-state index contributed by atoms with van der Waals surface area (Å²) in [5, 5.41) is 13.1. The van der Waals surface area contributed by atoms with Gasteiger partial charge < -0.3 is 14.7 Å². The predicted molar refractivity (Wildman–Crippen MR) is 67.0 cm³/mol. The molecule has 0 saturated carbocycles. The van der Waals surface area contributed by atoms with Crippen LogP contribution in [0.2, 0.25) is 0 Å². The average Bonchev–Trinajstić information content (AvgIpc) is 3.01. The van der Waals surface area contributed by atoms with Crippen molar-refractivity contribution < 1.29 is 14.6 Å². The van der Waals surface area contributed by atoms with Gasteiger partial charge in [-0.1, -0.05) is 0 Å². The Kier molecular flexibility index (Phi) is 3.14. The Bertz CT molecular complexity index is 475. The van der Waals surface area contributed by atoms with Crippen molar-refractivity contribution in [3.63, 3.8) is 0 Å². The third-order valence-corrected chi connectivity index (χ3v) is 3.93. The van der Waals surface area contributed by atoms with Crippen LogP contribution in [0.25, 0.3) is 0 Å². The number of aryl methyl sites for hydroxylation is 1. The fourth-order valence-corrected chi connectivity index (χ4v) is 2.80. The highest BCUT2D eigenvalue weighted by atomic mass is 16.5. The molecule has 1 unspecified atom stereocenters. The maximum atomic E-state index is 10.9. The van der Waals surface area contributed by atoms with Crippen LogP contribution in [-0.2, 0) is 16.1 Å². The lowest BCUT2D eigenvalue weighted by atomic mass is 10.1. The minimum Gasteiger partial charge on any atom is -0.479 e. The van der Waals surface area contributed by atoms with E-state index in [1.807, 2.05) is 4.68 Å². The first kappa shape index (κ1) is 12.4. The molecule has 3 heterocycles. The molecule has 0 radical (unpaired) electrons. The number of carbonyl (C=O) groups is 1. The van der Waals surface area contributed by atoms with Gasteiger partial charge in [0.25, 0.3) is 0 Å². The number of ether oxygens (including phenoxy) is 1. The summed E-state index contributed by atoms with van der Waals surface area (Å²) < 4.78 is 7.46. The molecule has 3 rings (SSSR count). The first-order valence-corrected chi connectivity index (χ1v) is 6.68. The first-order valence-electron chi connectivity index (χ1n) is 6.68. The summed E-state index contributed by atoms with van der Waals surface area (Å²) in [6.45, 7) is 3.72. The Balaban J connectivity index is 1.69. The summed E-state index contributed by atoms with van der Waals surface area (Å²) in [5.74, 6) is -0.00140. The molecule has 1 N–H and O–H groups in total. The molecule has 0 aliphatic carbocycles. The van der Waals surface area contributed by atoms with Gasteiger partial charge in [-0.05, 0) is 26.2 Å². The van der Waals surface area contributed by atoms with Crippen LogP contribution in [0, 0.1) is 0 Å². The largest absolute Gasteiger partial charge is 0.479 e. The second-order valence-corrected chi connectivity index (χ2v) is 5.24. The molecule has 7 nitrogen and oxygen atoms in total. The Morgan fingerprint density at radius 2 is 2.37 bits per heavy atom. The summed E-state index contributed by atoms with van der Waals surface area (Å²) in [6.07, 6.45) is 3.28. The minimum atomic E-state index is -0.864. The topological polar surface area (TPSA) is 80.5 Å². The van der Waals surface area contributed by atoms with Crippen LogP contribution in [0.4, 0.5) is 5.95 Å². The quantitative estimate of drug-likeness (QED) is 0.858. The lowest BCUT2D eigenvalue weighted by molar-refractivity contribution is -0.149. The fourth-order valence-electron chi connectivity index (χ4n) is 2.80. The van der Waals surface area contributed by atoms with E-state index in [9.17, 15) is 4.79 Å². The highest BCUT2D eigenvalue weighted by Crippen LogP contribution is 2.26. The standard InChI is InChI=1S/C12H18N4O3/c1-8-4-5-16-12(13-7-14-16)15(8)6-9-2-3-10(19-9)11(17)18/h7-10H,2-6H2,1H3,(H,17,18)/t8?,9-,10+/m0/s1. The predicted octanol–water partition coefficient (Wildman–Crippen LogP) is 0.509. The number of rotatable bonds is 3. The zero-order valence-corrected chi connectivity index (χ0v) is 10.9. The third kappa shape index (κ3) is 2.30. The number of aliphatic carboxylic acids is 1. The van der Waals surface area contributed by atoms with Gasteiger partial charge in [0.1, 0.15) is 6.33 Å². The maximum absolute atomic E-state index is 10.9. The SMILES string of the molecule is CC1CCn2ncnc2N1C[C@@H]1CC[C@H](C(=O)O)O1. The van der Waals surface area contributed by atoms with Gasteiger partial charge >= 0.3 is 5.97 Å². The van der Waals surface area contributed by atoms with Crippen molar-refractivity contribution in [2.24, 2.45) is 0 Å². The maximum Gasteiger partial charge on any atom is 0.332 e. The number of aromatic nitrogens is 3. The molecule has 0 bridgehead atoms. The van der Waals surface area contributed by atoms with Crippen molar-refractivity contribution in [2.75, 3.05) is 11.4 Å². The molecule has 1 aromatic rings. The van der Waals surface area contributed by atoms with Gasteiger partial charge in [-0.25, -0.2) is 9.48 Å². The Morgan fingerprint density at radius 1 is 1.53 bits per heavy atom. The Labute approximate surface area is 111 Å². The van der Waals surface area contributed by atoms with E-state index in [0.717, 1.165) is 25.3 Å². The minimum absolute atomic E-state index is 0.0354. The second-order valence-electron chi connectivity index (χ2n) is 5.24. The molecular formula is C12H18N4O3. The molecule has 7 heteroatoms. The van der Waals surface area contributed by atoms with Gasteiger partial charge in [0.2, 0.25) is 5.95 Å². The van der Waals surface area contributed by atoms with Crippen LogP contribution in [-0.4, -0.2) is 50.6 Å². The number of anilines is 1. The molecule has 3 atom stereocenters. The van der Waals surface area contributed by atoms with Gasteiger partial charge in [-0.15, -0.1) is 0 Å². The summed E-state index contributed by atoms with van der Waals surface area (Å²) in [4.78, 5) is 17.4. The van der Waals surface area contributed by atoms with Crippen LogP contribution >= 0.6 is 0 Å². The van der Waals surface area contributed by atoms with Crippen LogP contribution in [0.15, 0.2) is 6.33 Å².